The zero-order valence-electron chi connectivity index (χ0n) is 7.82. The van der Waals surface area contributed by atoms with Crippen molar-refractivity contribution in [2.24, 2.45) is 0 Å². The van der Waals surface area contributed by atoms with E-state index in [1.165, 1.54) is 7.11 Å². The topological polar surface area (TPSA) is 78.8 Å². The molecule has 3 N–H and O–H groups in total. The fourth-order valence-electron chi connectivity index (χ4n) is 0.897. The summed E-state index contributed by atoms with van der Waals surface area (Å²) >= 11 is 0. The molecule has 0 aliphatic carbocycles. The molecule has 0 aliphatic rings. The summed E-state index contributed by atoms with van der Waals surface area (Å²) < 4.78 is 4.73. The molecule has 13 heavy (non-hydrogen) atoms. The molecule has 5 heteroatoms. The Labute approximate surface area is 77.7 Å². The van der Waals surface area contributed by atoms with Gasteiger partial charge in [-0.15, -0.1) is 0 Å². The summed E-state index contributed by atoms with van der Waals surface area (Å²) in [4.78, 5) is 10.6. The average Bonchev–Trinajstić information content (AvgIpc) is 2.10. The Morgan fingerprint density at radius 1 is 1.54 bits per heavy atom. The summed E-state index contributed by atoms with van der Waals surface area (Å²) in [5.41, 5.74) is 0. The molecule has 0 aromatic carbocycles. The molecule has 0 radical (unpaired) electrons. The van der Waals surface area contributed by atoms with Gasteiger partial charge in [-0.1, -0.05) is 0 Å². The number of carboxylic acid groups (broad SMARTS) is 1. The van der Waals surface area contributed by atoms with Gasteiger partial charge in [-0.2, -0.15) is 0 Å². The number of hydrogen-bond acceptors (Lipinski definition) is 4. The van der Waals surface area contributed by atoms with Crippen molar-refractivity contribution in [3.05, 3.63) is 0 Å². The van der Waals surface area contributed by atoms with Crippen LogP contribution in [0.15, 0.2) is 0 Å². The van der Waals surface area contributed by atoms with Crippen molar-refractivity contribution < 1.29 is 19.7 Å². The molecule has 0 aromatic rings. The maximum absolute atomic E-state index is 10.6. The van der Waals surface area contributed by atoms with E-state index >= 15 is 0 Å². The predicted octanol–water partition coefficient (Wildman–Crippen LogP) is -0.552. The van der Waals surface area contributed by atoms with E-state index in [0.717, 1.165) is 6.42 Å². The molecular weight excluding hydrogens is 174 g/mol. The van der Waals surface area contributed by atoms with E-state index in [-0.39, 0.29) is 13.2 Å². The lowest BCUT2D eigenvalue weighted by Gasteiger charge is -2.12. The fourth-order valence-corrected chi connectivity index (χ4v) is 0.897. The van der Waals surface area contributed by atoms with Crippen LogP contribution in [0.5, 0.6) is 0 Å². The second kappa shape index (κ2) is 7.97. The molecule has 0 fully saturated rings. The van der Waals surface area contributed by atoms with E-state index in [1.807, 2.05) is 0 Å². The van der Waals surface area contributed by atoms with Gasteiger partial charge in [-0.25, -0.2) is 0 Å². The van der Waals surface area contributed by atoms with E-state index in [2.05, 4.69) is 5.32 Å². The Kier molecular flexibility index (Phi) is 7.57. The van der Waals surface area contributed by atoms with Gasteiger partial charge in [-0.3, -0.25) is 4.79 Å². The first-order valence-corrected chi connectivity index (χ1v) is 4.28. The van der Waals surface area contributed by atoms with Gasteiger partial charge < -0.3 is 20.3 Å². The Hall–Kier alpha value is -0.650. The zero-order valence-corrected chi connectivity index (χ0v) is 7.82. The molecule has 0 spiro atoms. The molecule has 0 rings (SSSR count). The molecule has 0 aliphatic heterocycles. The van der Waals surface area contributed by atoms with Crippen molar-refractivity contribution in [2.75, 3.05) is 26.9 Å². The first-order chi connectivity index (χ1) is 6.22. The number of methoxy groups -OCH3 is 1. The third-order valence-electron chi connectivity index (χ3n) is 1.61. The van der Waals surface area contributed by atoms with E-state index < -0.39 is 12.0 Å². The minimum atomic E-state index is -0.911. The van der Waals surface area contributed by atoms with Gasteiger partial charge in [0.05, 0.1) is 6.61 Å². The third kappa shape index (κ3) is 6.51. The fraction of sp³-hybridized carbons (Fsp3) is 0.875. The molecule has 0 saturated carbocycles. The number of ether oxygens (including phenoxy) is 1. The number of aliphatic carboxylic acids is 1. The van der Waals surface area contributed by atoms with Crippen molar-refractivity contribution >= 4 is 5.97 Å². The summed E-state index contributed by atoms with van der Waals surface area (Å²) in [5.74, 6) is -0.911. The standard InChI is InChI=1S/C8H17NO4/c1-13-6-7(8(11)12)9-4-2-3-5-10/h7,9-10H,2-6H2,1H3,(H,11,12). The minimum Gasteiger partial charge on any atom is -0.480 e. The van der Waals surface area contributed by atoms with Crippen LogP contribution in [0.3, 0.4) is 0 Å². The molecule has 1 unspecified atom stereocenters. The summed E-state index contributed by atoms with van der Waals surface area (Å²) in [7, 11) is 1.46. The molecule has 0 bridgehead atoms. The van der Waals surface area contributed by atoms with Crippen molar-refractivity contribution in [3.8, 4) is 0 Å². The van der Waals surface area contributed by atoms with Gasteiger partial charge in [0.2, 0.25) is 0 Å². The monoisotopic (exact) mass is 191 g/mol. The van der Waals surface area contributed by atoms with Crippen LogP contribution in [-0.4, -0.2) is 49.1 Å². The Balaban J connectivity index is 3.51. The highest BCUT2D eigenvalue weighted by molar-refractivity contribution is 5.73. The summed E-state index contributed by atoms with van der Waals surface area (Å²) in [6.45, 7) is 0.888. The lowest BCUT2D eigenvalue weighted by atomic mass is 10.2. The maximum Gasteiger partial charge on any atom is 0.323 e. The minimum absolute atomic E-state index is 0.143. The number of aliphatic hydroxyl groups excluding tert-OH is 1. The van der Waals surface area contributed by atoms with E-state index in [9.17, 15) is 4.79 Å². The lowest BCUT2D eigenvalue weighted by Crippen LogP contribution is -2.40. The second-order valence-electron chi connectivity index (χ2n) is 2.73. The number of carboxylic acids is 1. The summed E-state index contributed by atoms with van der Waals surface area (Å²) in [5, 5.41) is 20.0. The van der Waals surface area contributed by atoms with Crippen LogP contribution in [-0.2, 0) is 9.53 Å². The smallest absolute Gasteiger partial charge is 0.323 e. The number of unbranched alkanes of at least 4 members (excludes halogenated alkanes) is 1. The van der Waals surface area contributed by atoms with Crippen LogP contribution in [0.25, 0.3) is 0 Å². The first-order valence-electron chi connectivity index (χ1n) is 4.28. The van der Waals surface area contributed by atoms with Crippen LogP contribution in [0.2, 0.25) is 0 Å². The molecule has 0 aromatic heterocycles. The van der Waals surface area contributed by atoms with E-state index in [1.54, 1.807) is 0 Å². The highest BCUT2D eigenvalue weighted by Gasteiger charge is 2.15. The largest absolute Gasteiger partial charge is 0.480 e. The van der Waals surface area contributed by atoms with Gasteiger partial charge in [0.15, 0.2) is 0 Å². The molecule has 78 valence electrons. The molecular formula is C8H17NO4. The van der Waals surface area contributed by atoms with Crippen molar-refractivity contribution in [1.29, 1.82) is 0 Å². The quantitative estimate of drug-likeness (QED) is 0.448. The van der Waals surface area contributed by atoms with Crippen molar-refractivity contribution in [3.63, 3.8) is 0 Å². The number of nitrogens with one attached hydrogen (secondary N) is 1. The van der Waals surface area contributed by atoms with Crippen molar-refractivity contribution in [2.45, 2.75) is 18.9 Å². The SMILES string of the molecule is COCC(NCCCCO)C(=O)O. The Bertz CT molecular complexity index is 140. The van der Waals surface area contributed by atoms with Crippen LogP contribution >= 0.6 is 0 Å². The first kappa shape index (κ1) is 12.3. The highest BCUT2D eigenvalue weighted by Crippen LogP contribution is 1.89. The number of carbonyl (C=O) groups is 1. The molecule has 0 heterocycles. The van der Waals surface area contributed by atoms with Gasteiger partial charge in [-0.05, 0) is 19.4 Å². The lowest BCUT2D eigenvalue weighted by molar-refractivity contribution is -0.140. The van der Waals surface area contributed by atoms with Crippen LogP contribution in [0, 0.1) is 0 Å². The number of hydrogen-bond donors (Lipinski definition) is 3. The molecule has 1 atom stereocenters. The number of rotatable bonds is 8. The predicted molar refractivity (Wildman–Crippen MR) is 47.6 cm³/mol. The van der Waals surface area contributed by atoms with E-state index in [4.69, 9.17) is 14.9 Å². The number of aliphatic hydroxyl groups is 1. The Morgan fingerprint density at radius 2 is 2.23 bits per heavy atom. The van der Waals surface area contributed by atoms with Crippen LogP contribution < -0.4 is 5.32 Å². The van der Waals surface area contributed by atoms with Crippen molar-refractivity contribution in [1.82, 2.24) is 5.32 Å². The van der Waals surface area contributed by atoms with Gasteiger partial charge in [0.25, 0.3) is 0 Å². The molecule has 0 saturated heterocycles. The van der Waals surface area contributed by atoms with Gasteiger partial charge >= 0.3 is 5.97 Å². The van der Waals surface area contributed by atoms with E-state index in [0.29, 0.717) is 13.0 Å². The molecule has 0 amide bonds. The Morgan fingerprint density at radius 3 is 2.69 bits per heavy atom. The maximum atomic E-state index is 10.6. The van der Waals surface area contributed by atoms with Gasteiger partial charge in [0.1, 0.15) is 6.04 Å². The molecule has 5 nitrogen and oxygen atoms in total. The average molecular weight is 191 g/mol. The third-order valence-corrected chi connectivity index (χ3v) is 1.61. The highest BCUT2D eigenvalue weighted by atomic mass is 16.5. The van der Waals surface area contributed by atoms with Gasteiger partial charge in [0, 0.05) is 13.7 Å². The normalized spacial score (nSPS) is 12.8. The zero-order chi connectivity index (χ0) is 10.1. The summed E-state index contributed by atoms with van der Waals surface area (Å²) in [6, 6.07) is -0.649. The van der Waals surface area contributed by atoms with Crippen LogP contribution in [0.1, 0.15) is 12.8 Å². The van der Waals surface area contributed by atoms with Crippen LogP contribution in [0.4, 0.5) is 0 Å². The summed E-state index contributed by atoms with van der Waals surface area (Å²) in [6.07, 6.45) is 1.45. The second-order valence-corrected chi connectivity index (χ2v) is 2.73.